The molecule has 128 valence electrons. The van der Waals surface area contributed by atoms with E-state index in [1.54, 1.807) is 0 Å². The summed E-state index contributed by atoms with van der Waals surface area (Å²) in [6, 6.07) is 8.79. The molecule has 0 aromatic heterocycles. The van der Waals surface area contributed by atoms with Crippen molar-refractivity contribution >= 4 is 11.8 Å². The van der Waals surface area contributed by atoms with Gasteiger partial charge in [-0.3, -0.25) is 9.59 Å². The Hall–Kier alpha value is -1.88. The Balaban J connectivity index is 2.53. The molecule has 0 saturated heterocycles. The molecular weight excluding hydrogens is 290 g/mol. The van der Waals surface area contributed by atoms with E-state index in [4.69, 9.17) is 5.73 Å². The smallest absolute Gasteiger partial charge is 0.242 e. The van der Waals surface area contributed by atoms with Gasteiger partial charge >= 0.3 is 0 Å². The van der Waals surface area contributed by atoms with Crippen molar-refractivity contribution in [2.75, 3.05) is 6.54 Å². The van der Waals surface area contributed by atoms with E-state index >= 15 is 0 Å². The molecule has 0 heterocycles. The molecule has 0 radical (unpaired) electrons. The predicted octanol–water partition coefficient (Wildman–Crippen LogP) is 1.47. The largest absolute Gasteiger partial charge is 0.354 e. The third-order valence-electron chi connectivity index (χ3n) is 3.82. The maximum Gasteiger partial charge on any atom is 0.242 e. The van der Waals surface area contributed by atoms with Crippen LogP contribution in [-0.4, -0.2) is 30.4 Å². The Labute approximate surface area is 139 Å². The molecule has 0 saturated carbocycles. The van der Waals surface area contributed by atoms with Crippen LogP contribution in [0.1, 0.15) is 33.3 Å². The summed E-state index contributed by atoms with van der Waals surface area (Å²) in [4.78, 5) is 24.4. The Kier molecular flexibility index (Phi) is 7.75. The van der Waals surface area contributed by atoms with Gasteiger partial charge in [-0.2, -0.15) is 0 Å². The monoisotopic (exact) mass is 319 g/mol. The van der Waals surface area contributed by atoms with Gasteiger partial charge in [-0.05, 0) is 23.8 Å². The Morgan fingerprint density at radius 2 is 1.61 bits per heavy atom. The van der Waals surface area contributed by atoms with Crippen LogP contribution in [0, 0.1) is 11.8 Å². The third kappa shape index (κ3) is 6.40. The van der Waals surface area contributed by atoms with Crippen LogP contribution in [0.4, 0.5) is 0 Å². The maximum atomic E-state index is 12.3. The van der Waals surface area contributed by atoms with Gasteiger partial charge in [0, 0.05) is 6.54 Å². The van der Waals surface area contributed by atoms with Crippen molar-refractivity contribution in [2.24, 2.45) is 17.6 Å². The van der Waals surface area contributed by atoms with Crippen molar-refractivity contribution in [2.45, 2.75) is 46.2 Å². The normalized spacial score (nSPS) is 13.7. The molecule has 2 atom stereocenters. The minimum absolute atomic E-state index is 0.00459. The number of rotatable bonds is 8. The standard InChI is InChI=1S/C18H29N3O2/c1-12(2)15(19)17(22)21-16(13(3)4)18(23)20-11-10-14-8-6-5-7-9-14/h5-9,12-13,15-16H,10-11,19H2,1-4H3,(H,20,23)(H,21,22)/t15-,16-/m0/s1. The lowest BCUT2D eigenvalue weighted by molar-refractivity contribution is -0.131. The number of nitrogens with one attached hydrogen (secondary N) is 2. The number of amides is 2. The average Bonchev–Trinajstić information content (AvgIpc) is 2.52. The summed E-state index contributed by atoms with van der Waals surface area (Å²) >= 11 is 0. The Morgan fingerprint density at radius 3 is 2.13 bits per heavy atom. The van der Waals surface area contributed by atoms with E-state index in [0.717, 1.165) is 6.42 Å². The highest BCUT2D eigenvalue weighted by Crippen LogP contribution is 2.05. The number of carbonyl (C=O) groups excluding carboxylic acids is 2. The summed E-state index contributed by atoms with van der Waals surface area (Å²) in [6.07, 6.45) is 0.761. The fourth-order valence-corrected chi connectivity index (χ4v) is 2.17. The number of carbonyl (C=O) groups is 2. The van der Waals surface area contributed by atoms with E-state index in [9.17, 15) is 9.59 Å². The highest BCUT2D eigenvalue weighted by molar-refractivity contribution is 5.89. The van der Waals surface area contributed by atoms with E-state index in [2.05, 4.69) is 10.6 Å². The first-order valence-electron chi connectivity index (χ1n) is 8.20. The molecule has 0 aliphatic heterocycles. The molecule has 0 aliphatic rings. The van der Waals surface area contributed by atoms with Gasteiger partial charge in [0.1, 0.15) is 6.04 Å². The topological polar surface area (TPSA) is 84.2 Å². The predicted molar refractivity (Wildman–Crippen MR) is 92.7 cm³/mol. The molecular formula is C18H29N3O2. The highest BCUT2D eigenvalue weighted by atomic mass is 16.2. The molecule has 0 fully saturated rings. The number of benzene rings is 1. The van der Waals surface area contributed by atoms with Gasteiger partial charge in [-0.25, -0.2) is 0 Å². The van der Waals surface area contributed by atoms with Crippen LogP contribution in [0.3, 0.4) is 0 Å². The van der Waals surface area contributed by atoms with Gasteiger partial charge in [0.25, 0.3) is 0 Å². The first-order chi connectivity index (χ1) is 10.8. The zero-order valence-corrected chi connectivity index (χ0v) is 14.5. The van der Waals surface area contributed by atoms with E-state index < -0.39 is 12.1 Å². The lowest BCUT2D eigenvalue weighted by atomic mass is 10.0. The number of hydrogen-bond donors (Lipinski definition) is 3. The van der Waals surface area contributed by atoms with Crippen molar-refractivity contribution in [3.63, 3.8) is 0 Å². The lowest BCUT2D eigenvalue weighted by Gasteiger charge is -2.24. The number of nitrogens with two attached hydrogens (primary N) is 1. The van der Waals surface area contributed by atoms with Crippen molar-refractivity contribution in [3.05, 3.63) is 35.9 Å². The molecule has 0 unspecified atom stereocenters. The van der Waals surface area contributed by atoms with Crippen LogP contribution in [0.2, 0.25) is 0 Å². The zero-order chi connectivity index (χ0) is 17.4. The SMILES string of the molecule is CC(C)[C@H](N)C(=O)N[C@H](C(=O)NCCc1ccccc1)C(C)C. The maximum absolute atomic E-state index is 12.3. The molecule has 5 nitrogen and oxygen atoms in total. The van der Waals surface area contributed by atoms with Crippen LogP contribution in [0.25, 0.3) is 0 Å². The molecule has 23 heavy (non-hydrogen) atoms. The molecule has 0 spiro atoms. The summed E-state index contributed by atoms with van der Waals surface area (Å²) in [6.45, 7) is 8.12. The van der Waals surface area contributed by atoms with Crippen LogP contribution in [0.15, 0.2) is 30.3 Å². The summed E-state index contributed by atoms with van der Waals surface area (Å²) < 4.78 is 0. The van der Waals surface area contributed by atoms with Crippen molar-refractivity contribution in [1.82, 2.24) is 10.6 Å². The number of hydrogen-bond acceptors (Lipinski definition) is 3. The molecule has 1 rings (SSSR count). The molecule has 1 aromatic carbocycles. The van der Waals surface area contributed by atoms with Crippen LogP contribution in [0.5, 0.6) is 0 Å². The second-order valence-electron chi connectivity index (χ2n) is 6.53. The fraction of sp³-hybridized carbons (Fsp3) is 0.556. The first kappa shape index (κ1) is 19.2. The van der Waals surface area contributed by atoms with Gasteiger partial charge in [-0.15, -0.1) is 0 Å². The van der Waals surface area contributed by atoms with E-state index in [1.165, 1.54) is 5.56 Å². The van der Waals surface area contributed by atoms with E-state index in [-0.39, 0.29) is 23.7 Å². The summed E-state index contributed by atoms with van der Waals surface area (Å²) in [5, 5.41) is 5.66. The minimum Gasteiger partial charge on any atom is -0.354 e. The summed E-state index contributed by atoms with van der Waals surface area (Å²) in [5.41, 5.74) is 7.01. The highest BCUT2D eigenvalue weighted by Gasteiger charge is 2.27. The van der Waals surface area contributed by atoms with Gasteiger partial charge in [0.15, 0.2) is 0 Å². The average molecular weight is 319 g/mol. The summed E-state index contributed by atoms with van der Waals surface area (Å²) in [7, 11) is 0. The zero-order valence-electron chi connectivity index (χ0n) is 14.5. The molecule has 0 bridgehead atoms. The van der Waals surface area contributed by atoms with Crippen molar-refractivity contribution in [3.8, 4) is 0 Å². The first-order valence-corrected chi connectivity index (χ1v) is 8.20. The second-order valence-corrected chi connectivity index (χ2v) is 6.53. The Bertz CT molecular complexity index is 500. The summed E-state index contributed by atoms with van der Waals surface area (Å²) in [5.74, 6) is -0.420. The van der Waals surface area contributed by atoms with Gasteiger partial charge < -0.3 is 16.4 Å². The molecule has 1 aromatic rings. The molecule has 5 heteroatoms. The van der Waals surface area contributed by atoms with E-state index in [0.29, 0.717) is 6.54 Å². The minimum atomic E-state index is -0.603. The van der Waals surface area contributed by atoms with E-state index in [1.807, 2.05) is 58.0 Å². The quantitative estimate of drug-likeness (QED) is 0.678. The molecule has 4 N–H and O–H groups in total. The Morgan fingerprint density at radius 1 is 1.00 bits per heavy atom. The van der Waals surface area contributed by atoms with Gasteiger partial charge in [-0.1, -0.05) is 58.0 Å². The van der Waals surface area contributed by atoms with Crippen LogP contribution >= 0.6 is 0 Å². The van der Waals surface area contributed by atoms with Gasteiger partial charge in [0.2, 0.25) is 11.8 Å². The van der Waals surface area contributed by atoms with Crippen LogP contribution < -0.4 is 16.4 Å². The third-order valence-corrected chi connectivity index (χ3v) is 3.82. The molecule has 0 aliphatic carbocycles. The second kappa shape index (κ2) is 9.30. The lowest BCUT2D eigenvalue weighted by Crippen LogP contribution is -2.55. The van der Waals surface area contributed by atoms with Crippen molar-refractivity contribution in [1.29, 1.82) is 0 Å². The van der Waals surface area contributed by atoms with Gasteiger partial charge in [0.05, 0.1) is 6.04 Å². The van der Waals surface area contributed by atoms with Crippen molar-refractivity contribution < 1.29 is 9.59 Å². The molecule has 2 amide bonds. The fourth-order valence-electron chi connectivity index (χ4n) is 2.17. The van der Waals surface area contributed by atoms with Crippen LogP contribution in [-0.2, 0) is 16.0 Å².